The summed E-state index contributed by atoms with van der Waals surface area (Å²) >= 11 is 0.353. The van der Waals surface area contributed by atoms with Crippen molar-refractivity contribution >= 4 is 62.4 Å². The first-order valence-electron chi connectivity index (χ1n) is 20.0. The number of halogens is 3. The molecular formula is C41H48F3N9O5S. The molecule has 2 aromatic carbocycles. The summed E-state index contributed by atoms with van der Waals surface area (Å²) in [7, 11) is 3.94. The molecule has 1 unspecified atom stereocenters. The van der Waals surface area contributed by atoms with Crippen LogP contribution in [-0.2, 0) is 28.4 Å². The molecule has 14 nitrogen and oxygen atoms in total. The third-order valence-corrected chi connectivity index (χ3v) is 13.2. The van der Waals surface area contributed by atoms with Gasteiger partial charge in [0.1, 0.15) is 11.7 Å². The molecule has 314 valence electrons. The van der Waals surface area contributed by atoms with E-state index in [9.17, 15) is 37.5 Å². The number of aromatic nitrogens is 5. The molecule has 0 bridgehead atoms. The number of imide groups is 1. The van der Waals surface area contributed by atoms with Crippen LogP contribution in [0.25, 0.3) is 21.9 Å². The molecule has 2 saturated heterocycles. The molecule has 18 heteroatoms. The van der Waals surface area contributed by atoms with E-state index >= 15 is 0 Å². The van der Waals surface area contributed by atoms with Crippen LogP contribution < -0.4 is 21.2 Å². The zero-order valence-corrected chi connectivity index (χ0v) is 34.2. The van der Waals surface area contributed by atoms with Crippen LogP contribution >= 0.6 is 11.3 Å². The Kier molecular flexibility index (Phi) is 10.7. The number of amides is 3. The second-order valence-corrected chi connectivity index (χ2v) is 17.6. The lowest BCUT2D eigenvalue weighted by Crippen LogP contribution is -2.45. The highest BCUT2D eigenvalue weighted by Crippen LogP contribution is 2.38. The number of benzene rings is 2. The van der Waals surface area contributed by atoms with Gasteiger partial charge in [-0.1, -0.05) is 6.07 Å². The Balaban J connectivity index is 0.881. The topological polar surface area (TPSA) is 160 Å². The number of fused-ring (bicyclic) bond motifs is 2. The van der Waals surface area contributed by atoms with Gasteiger partial charge in [0.05, 0.1) is 33.9 Å². The summed E-state index contributed by atoms with van der Waals surface area (Å²) in [5.41, 5.74) is 1.76. The number of nitrogens with one attached hydrogen (secondary N) is 2. The molecule has 8 rings (SSSR count). The Bertz CT molecular complexity index is 2480. The van der Waals surface area contributed by atoms with Crippen molar-refractivity contribution in [3.05, 3.63) is 68.7 Å². The van der Waals surface area contributed by atoms with Gasteiger partial charge in [-0.25, -0.2) is 9.78 Å². The number of aliphatic hydroxyl groups is 1. The fourth-order valence-corrected chi connectivity index (χ4v) is 9.85. The first kappa shape index (κ1) is 40.7. The van der Waals surface area contributed by atoms with Crippen molar-refractivity contribution in [3.8, 4) is 0 Å². The van der Waals surface area contributed by atoms with Crippen molar-refractivity contribution in [2.75, 3.05) is 36.9 Å². The van der Waals surface area contributed by atoms with Gasteiger partial charge < -0.3 is 20.2 Å². The highest BCUT2D eigenvalue weighted by molar-refractivity contribution is 7.10. The van der Waals surface area contributed by atoms with Crippen LogP contribution in [0.2, 0.25) is 0 Å². The molecule has 59 heavy (non-hydrogen) atoms. The number of piperidine rings is 2. The third-order valence-electron chi connectivity index (χ3n) is 12.3. The largest absolute Gasteiger partial charge is 0.443 e. The number of rotatable bonds is 9. The van der Waals surface area contributed by atoms with Gasteiger partial charge in [0.15, 0.2) is 5.01 Å². The Labute approximate surface area is 342 Å². The zero-order chi connectivity index (χ0) is 42.0. The average Bonchev–Trinajstić information content (AvgIpc) is 3.92. The van der Waals surface area contributed by atoms with E-state index in [2.05, 4.69) is 32.5 Å². The number of aryl methyl sites for hydroxylation is 1. The molecule has 2 aliphatic heterocycles. The molecule has 1 atom stereocenters. The molecule has 1 aliphatic carbocycles. The van der Waals surface area contributed by atoms with E-state index in [1.165, 1.54) is 4.57 Å². The van der Waals surface area contributed by atoms with Crippen molar-refractivity contribution in [3.63, 3.8) is 0 Å². The van der Waals surface area contributed by atoms with E-state index in [0.717, 1.165) is 80.1 Å². The van der Waals surface area contributed by atoms with Crippen LogP contribution in [0.1, 0.15) is 98.4 Å². The van der Waals surface area contributed by atoms with Crippen LogP contribution in [0, 0.1) is 5.92 Å². The smallest absolute Gasteiger partial charge is 0.386 e. The van der Waals surface area contributed by atoms with E-state index in [4.69, 9.17) is 5.10 Å². The van der Waals surface area contributed by atoms with Crippen molar-refractivity contribution in [1.29, 1.82) is 0 Å². The van der Waals surface area contributed by atoms with Gasteiger partial charge in [-0.3, -0.25) is 33.5 Å². The van der Waals surface area contributed by atoms with Gasteiger partial charge in [-0.2, -0.15) is 18.3 Å². The number of anilines is 2. The maximum absolute atomic E-state index is 13.5. The average molecular weight is 836 g/mol. The lowest BCUT2D eigenvalue weighted by atomic mass is 9.85. The Morgan fingerprint density at radius 2 is 1.78 bits per heavy atom. The second-order valence-electron chi connectivity index (χ2n) is 16.8. The normalized spacial score (nSPS) is 21.2. The first-order valence-corrected chi connectivity index (χ1v) is 20.9. The highest BCUT2D eigenvalue weighted by atomic mass is 32.1. The minimum absolute atomic E-state index is 0.176. The number of thiazole rings is 1. The fourth-order valence-electron chi connectivity index (χ4n) is 9.18. The molecule has 5 aromatic rings. The van der Waals surface area contributed by atoms with Crippen LogP contribution in [0.15, 0.2) is 46.7 Å². The highest BCUT2D eigenvalue weighted by Gasteiger charge is 2.36. The van der Waals surface area contributed by atoms with E-state index in [-0.39, 0.29) is 35.4 Å². The number of carbonyl (C=O) groups is 3. The van der Waals surface area contributed by atoms with Crippen LogP contribution in [0.4, 0.5) is 24.5 Å². The lowest BCUT2D eigenvalue weighted by Gasteiger charge is -2.40. The minimum Gasteiger partial charge on any atom is -0.386 e. The maximum atomic E-state index is 13.5. The molecule has 3 N–H and O–H groups in total. The van der Waals surface area contributed by atoms with E-state index < -0.39 is 34.6 Å². The Hall–Kier alpha value is -5.07. The summed E-state index contributed by atoms with van der Waals surface area (Å²) < 4.78 is 44.5. The number of imidazole rings is 1. The summed E-state index contributed by atoms with van der Waals surface area (Å²) in [6, 6.07) is 9.11. The van der Waals surface area contributed by atoms with Crippen molar-refractivity contribution in [1.82, 2.24) is 34.1 Å². The van der Waals surface area contributed by atoms with Gasteiger partial charge in [-0.15, -0.1) is 11.3 Å². The van der Waals surface area contributed by atoms with Gasteiger partial charge in [0, 0.05) is 67.4 Å². The second kappa shape index (κ2) is 15.5. The molecule has 1 saturated carbocycles. The van der Waals surface area contributed by atoms with Gasteiger partial charge >= 0.3 is 11.9 Å². The zero-order valence-electron chi connectivity index (χ0n) is 33.4. The predicted octanol–water partition coefficient (Wildman–Crippen LogP) is 5.95. The van der Waals surface area contributed by atoms with E-state index in [0.29, 0.717) is 46.3 Å². The molecule has 3 amide bonds. The molecule has 3 fully saturated rings. The Morgan fingerprint density at radius 1 is 1.05 bits per heavy atom. The summed E-state index contributed by atoms with van der Waals surface area (Å²) in [4.78, 5) is 59.2. The number of para-hydroxylation sites is 1. The van der Waals surface area contributed by atoms with Crippen LogP contribution in [-0.4, -0.2) is 84.4 Å². The van der Waals surface area contributed by atoms with Gasteiger partial charge in [-0.05, 0) is 96.0 Å². The van der Waals surface area contributed by atoms with Crippen LogP contribution in [0.5, 0.6) is 0 Å². The van der Waals surface area contributed by atoms with Crippen molar-refractivity contribution in [2.45, 2.75) is 95.1 Å². The molecule has 5 heterocycles. The lowest BCUT2D eigenvalue weighted by molar-refractivity contribution is -0.138. The molecule has 0 radical (unpaired) electrons. The summed E-state index contributed by atoms with van der Waals surface area (Å²) in [5, 5.41) is 21.6. The summed E-state index contributed by atoms with van der Waals surface area (Å²) in [6.45, 7) is 5.79. The first-order chi connectivity index (χ1) is 28.0. The molecule has 3 aliphatic rings. The number of carbonyl (C=O) groups excluding carboxylic acids is 3. The molecule has 0 spiro atoms. The standard InChI is InChI=1S/C41H48F3N9O5S/c1-40(2,58)27-19-28-24(18-29(27)45-36(55)30-22-59-38(46-30)41(42,43)44)21-52(48-28)26-10-8-23(9-11-26)20-49(3)25-14-16-51(17-15-25)31-6-5-7-32-35(31)50(4)39(57)53(32)33-12-13-34(54)47-37(33)56/h5-7,18-19,21-23,25-26,33,58H,8-17,20H2,1-4H3,(H,45,55)(H,47,54,56)/t23-,26-,33?. The summed E-state index contributed by atoms with van der Waals surface area (Å²) in [6.07, 6.45) is 3.66. The van der Waals surface area contributed by atoms with E-state index in [1.807, 2.05) is 29.1 Å². The number of hydrogen-bond donors (Lipinski definition) is 3. The van der Waals surface area contributed by atoms with Crippen molar-refractivity contribution < 1.29 is 32.7 Å². The quantitative estimate of drug-likeness (QED) is 0.153. The number of hydrogen-bond acceptors (Lipinski definition) is 10. The van der Waals surface area contributed by atoms with Crippen LogP contribution in [0.3, 0.4) is 0 Å². The maximum Gasteiger partial charge on any atom is 0.443 e. The molecular weight excluding hydrogens is 788 g/mol. The van der Waals surface area contributed by atoms with E-state index in [1.54, 1.807) is 37.6 Å². The minimum atomic E-state index is -4.65. The predicted molar refractivity (Wildman–Crippen MR) is 218 cm³/mol. The number of alkyl halides is 3. The fraction of sp³-hybridized carbons (Fsp3) is 0.512. The monoisotopic (exact) mass is 835 g/mol. The SMILES string of the molecule is CN(C[C@H]1CC[C@H](n2cc3cc(NC(=O)c4csc(C(F)(F)F)n4)c(C(C)(C)O)cc3n2)CC1)C1CCN(c2cccc3c2n(C)c(=O)n3C2CCC(=O)NC2=O)CC1. The van der Waals surface area contributed by atoms with Gasteiger partial charge in [0.25, 0.3) is 5.91 Å². The third kappa shape index (κ3) is 8.01. The molecule has 3 aromatic heterocycles. The van der Waals surface area contributed by atoms with Crippen molar-refractivity contribution in [2.24, 2.45) is 13.0 Å². The number of nitrogens with zero attached hydrogens (tertiary/aromatic N) is 7. The Morgan fingerprint density at radius 3 is 2.44 bits per heavy atom. The summed E-state index contributed by atoms with van der Waals surface area (Å²) in [5.74, 6) is -1.03. The van der Waals surface area contributed by atoms with Gasteiger partial charge in [0.2, 0.25) is 11.8 Å².